The quantitative estimate of drug-likeness (QED) is 0.683. The smallest absolute Gasteiger partial charge is 0.407 e. The molecule has 2 unspecified atom stereocenters. The number of aliphatic carboxylic acids is 1. The molecule has 2 N–H and O–H groups in total. The van der Waals surface area contributed by atoms with Gasteiger partial charge in [0.15, 0.2) is 0 Å². The predicted octanol–water partition coefficient (Wildman–Crippen LogP) is 4.02. The van der Waals surface area contributed by atoms with Crippen LogP contribution in [0.4, 0.5) is 4.79 Å². The van der Waals surface area contributed by atoms with Crippen LogP contribution in [0.5, 0.6) is 0 Å². The van der Waals surface area contributed by atoms with E-state index in [4.69, 9.17) is 4.74 Å². The Labute approximate surface area is 204 Å². The van der Waals surface area contributed by atoms with Crippen molar-refractivity contribution in [2.45, 2.75) is 44.1 Å². The van der Waals surface area contributed by atoms with E-state index in [2.05, 4.69) is 29.6 Å². The van der Waals surface area contributed by atoms with Gasteiger partial charge in [0.2, 0.25) is 5.91 Å². The van der Waals surface area contributed by atoms with E-state index >= 15 is 0 Å². The molecule has 2 amide bonds. The maximum Gasteiger partial charge on any atom is 0.407 e. The van der Waals surface area contributed by atoms with Crippen molar-refractivity contribution < 1.29 is 24.2 Å². The number of carbonyl (C=O) groups excluding carboxylic acids is 2. The third-order valence-electron chi connectivity index (χ3n) is 8.57. The van der Waals surface area contributed by atoms with E-state index in [1.54, 1.807) is 4.90 Å². The van der Waals surface area contributed by atoms with Gasteiger partial charge in [-0.25, -0.2) is 4.79 Å². The van der Waals surface area contributed by atoms with Crippen LogP contribution in [0.2, 0.25) is 0 Å². The highest BCUT2D eigenvalue weighted by Crippen LogP contribution is 2.58. The molecule has 2 aromatic carbocycles. The van der Waals surface area contributed by atoms with Crippen molar-refractivity contribution in [2.75, 3.05) is 19.7 Å². The Morgan fingerprint density at radius 1 is 1.03 bits per heavy atom. The van der Waals surface area contributed by atoms with Gasteiger partial charge in [-0.1, -0.05) is 55.0 Å². The number of hydrogen-bond donors (Lipinski definition) is 2. The lowest BCUT2D eigenvalue weighted by molar-refractivity contribution is -0.144. The molecule has 4 aliphatic rings. The van der Waals surface area contributed by atoms with Crippen LogP contribution >= 0.6 is 0 Å². The number of carboxylic acid groups (broad SMARTS) is 1. The number of amides is 2. The van der Waals surface area contributed by atoms with Crippen molar-refractivity contribution in [1.82, 2.24) is 10.2 Å². The Kier molecular flexibility index (Phi) is 5.31. The fourth-order valence-corrected chi connectivity index (χ4v) is 6.59. The molecule has 0 bridgehead atoms. The van der Waals surface area contributed by atoms with Gasteiger partial charge in [-0.15, -0.1) is 0 Å². The Bertz CT molecular complexity index is 1150. The summed E-state index contributed by atoms with van der Waals surface area (Å²) in [5.41, 5.74) is 4.02. The van der Waals surface area contributed by atoms with Gasteiger partial charge in [-0.2, -0.15) is 0 Å². The number of rotatable bonds is 5. The number of piperidine rings is 1. The van der Waals surface area contributed by atoms with Gasteiger partial charge in [-0.05, 0) is 53.9 Å². The number of carbonyl (C=O) groups is 3. The summed E-state index contributed by atoms with van der Waals surface area (Å²) in [5, 5.41) is 12.5. The largest absolute Gasteiger partial charge is 0.481 e. The maximum absolute atomic E-state index is 13.1. The van der Waals surface area contributed by atoms with Gasteiger partial charge in [0.25, 0.3) is 0 Å². The molecule has 7 nitrogen and oxygen atoms in total. The number of alkyl carbamates (subject to hydrolysis) is 1. The van der Waals surface area contributed by atoms with Gasteiger partial charge in [0.05, 0.1) is 5.41 Å². The average Bonchev–Trinajstić information content (AvgIpc) is 3.30. The topological polar surface area (TPSA) is 95.9 Å². The van der Waals surface area contributed by atoms with Crippen LogP contribution in [-0.4, -0.2) is 53.7 Å². The second-order valence-corrected chi connectivity index (χ2v) is 10.6. The fraction of sp³-hybridized carbons (Fsp3) is 0.464. The lowest BCUT2D eigenvalue weighted by atomic mass is 9.84. The Morgan fingerprint density at radius 3 is 2.37 bits per heavy atom. The summed E-state index contributed by atoms with van der Waals surface area (Å²) in [7, 11) is 0. The summed E-state index contributed by atoms with van der Waals surface area (Å²) in [6.07, 6.45) is 3.26. The van der Waals surface area contributed by atoms with Gasteiger partial charge >= 0.3 is 12.1 Å². The van der Waals surface area contributed by atoms with Crippen molar-refractivity contribution in [1.29, 1.82) is 0 Å². The first-order chi connectivity index (χ1) is 17.0. The van der Waals surface area contributed by atoms with Gasteiger partial charge < -0.3 is 20.1 Å². The zero-order valence-corrected chi connectivity index (χ0v) is 19.6. The van der Waals surface area contributed by atoms with Gasteiger partial charge in [0.1, 0.15) is 6.61 Å². The minimum atomic E-state index is -0.781. The van der Waals surface area contributed by atoms with Crippen molar-refractivity contribution >= 4 is 18.0 Å². The fourth-order valence-electron chi connectivity index (χ4n) is 6.59. The average molecular weight is 475 g/mol. The normalized spacial score (nSPS) is 28.6. The molecule has 0 aromatic heterocycles. The third kappa shape index (κ3) is 3.77. The van der Waals surface area contributed by atoms with E-state index in [1.165, 1.54) is 22.3 Å². The van der Waals surface area contributed by atoms with E-state index in [0.29, 0.717) is 25.9 Å². The molecule has 0 spiro atoms. The molecule has 6 rings (SSSR count). The number of carboxylic acids is 1. The summed E-state index contributed by atoms with van der Waals surface area (Å²) >= 11 is 0. The number of fused-ring (bicyclic) bond motifs is 4. The number of likely N-dealkylation sites (tertiary alicyclic amines) is 1. The zero-order valence-electron chi connectivity index (χ0n) is 19.6. The number of benzene rings is 2. The lowest BCUT2D eigenvalue weighted by Gasteiger charge is -2.32. The monoisotopic (exact) mass is 474 g/mol. The number of ether oxygens (including phenoxy) is 1. The molecule has 1 saturated heterocycles. The van der Waals surface area contributed by atoms with Gasteiger partial charge in [-0.3, -0.25) is 9.59 Å². The highest BCUT2D eigenvalue weighted by molar-refractivity contribution is 5.85. The summed E-state index contributed by atoms with van der Waals surface area (Å²) < 4.78 is 5.69. The molecule has 0 radical (unpaired) electrons. The molecule has 4 atom stereocenters. The molecule has 3 fully saturated rings. The Balaban J connectivity index is 1.04. The summed E-state index contributed by atoms with van der Waals surface area (Å²) in [6.45, 7) is 1.14. The van der Waals surface area contributed by atoms with E-state index in [-0.39, 0.29) is 36.3 Å². The molecule has 2 aromatic rings. The van der Waals surface area contributed by atoms with Crippen LogP contribution in [0.25, 0.3) is 11.1 Å². The van der Waals surface area contributed by atoms with Crippen molar-refractivity contribution in [3.63, 3.8) is 0 Å². The highest BCUT2D eigenvalue weighted by atomic mass is 16.5. The minimum absolute atomic E-state index is 0.0111. The van der Waals surface area contributed by atoms with Crippen LogP contribution < -0.4 is 5.32 Å². The van der Waals surface area contributed by atoms with E-state index < -0.39 is 17.5 Å². The van der Waals surface area contributed by atoms with Crippen molar-refractivity contribution in [2.24, 2.45) is 17.3 Å². The van der Waals surface area contributed by atoms with Crippen LogP contribution in [0.3, 0.4) is 0 Å². The minimum Gasteiger partial charge on any atom is -0.481 e. The number of nitrogens with one attached hydrogen (secondary N) is 1. The van der Waals surface area contributed by atoms with E-state index in [0.717, 1.165) is 19.3 Å². The molecular weight excluding hydrogens is 444 g/mol. The molecule has 35 heavy (non-hydrogen) atoms. The molecule has 1 heterocycles. The second-order valence-electron chi connectivity index (χ2n) is 10.6. The molecule has 1 aliphatic heterocycles. The predicted molar refractivity (Wildman–Crippen MR) is 129 cm³/mol. The molecule has 2 saturated carbocycles. The first-order valence-electron chi connectivity index (χ1n) is 12.6. The number of hydrogen-bond acceptors (Lipinski definition) is 4. The van der Waals surface area contributed by atoms with E-state index in [9.17, 15) is 19.5 Å². The van der Waals surface area contributed by atoms with Crippen LogP contribution in [0.1, 0.15) is 49.1 Å². The van der Waals surface area contributed by atoms with Gasteiger partial charge in [0, 0.05) is 31.0 Å². The summed E-state index contributed by atoms with van der Waals surface area (Å²) in [4.78, 5) is 39.1. The Hall–Kier alpha value is -3.35. The van der Waals surface area contributed by atoms with Crippen LogP contribution in [0, 0.1) is 17.3 Å². The summed E-state index contributed by atoms with van der Waals surface area (Å²) in [6, 6.07) is 16.4. The van der Waals surface area contributed by atoms with Crippen LogP contribution in [0.15, 0.2) is 48.5 Å². The van der Waals surface area contributed by atoms with Crippen molar-refractivity contribution in [3.8, 4) is 11.1 Å². The summed E-state index contributed by atoms with van der Waals surface area (Å²) in [5.74, 6) is -0.807. The third-order valence-corrected chi connectivity index (χ3v) is 8.57. The standard InChI is InChI=1S/C28H30N2O5/c31-25(30-14-18-13-28(18,16-30)26(32)33)17-6-5-7-19(12-17)29-27(34)35-15-24-22-10-3-1-8-20(22)21-9-2-4-11-23(21)24/h1-4,8-11,17-19,24H,5-7,12-16H2,(H,29,34)(H,32,33)/t17-,18?,19+,28?/m0/s1. The highest BCUT2D eigenvalue weighted by Gasteiger charge is 2.66. The first kappa shape index (κ1) is 22.1. The lowest BCUT2D eigenvalue weighted by Crippen LogP contribution is -2.44. The molecule has 7 heteroatoms. The molecular formula is C28H30N2O5. The molecule has 182 valence electrons. The SMILES string of the molecule is O=C(N[C@@H]1CCC[C@H](C(=O)N2CC3CC3(C(=O)O)C2)C1)OCC1c2ccccc2-c2ccccc21. The van der Waals surface area contributed by atoms with Crippen molar-refractivity contribution in [3.05, 3.63) is 59.7 Å². The molecule has 3 aliphatic carbocycles. The van der Waals surface area contributed by atoms with Crippen LogP contribution in [-0.2, 0) is 14.3 Å². The second kappa shape index (κ2) is 8.40. The maximum atomic E-state index is 13.1. The zero-order chi connectivity index (χ0) is 24.2. The first-order valence-corrected chi connectivity index (χ1v) is 12.6. The van der Waals surface area contributed by atoms with E-state index in [1.807, 2.05) is 24.3 Å². The Morgan fingerprint density at radius 2 is 1.71 bits per heavy atom. The number of nitrogens with zero attached hydrogens (tertiary/aromatic N) is 1.